The zero-order valence-electron chi connectivity index (χ0n) is 9.42. The van der Waals surface area contributed by atoms with Crippen LogP contribution in [0, 0.1) is 0 Å². The van der Waals surface area contributed by atoms with Crippen molar-refractivity contribution in [1.82, 2.24) is 10.3 Å². The van der Waals surface area contributed by atoms with Crippen LogP contribution in [0.4, 0.5) is 0 Å². The molecule has 1 heterocycles. The molecule has 0 aliphatic heterocycles. The van der Waals surface area contributed by atoms with E-state index in [9.17, 15) is 0 Å². The van der Waals surface area contributed by atoms with Gasteiger partial charge in [0.2, 0.25) is 0 Å². The Bertz CT molecular complexity index is 500. The van der Waals surface area contributed by atoms with Crippen molar-refractivity contribution in [2.75, 3.05) is 7.11 Å². The second-order valence-electron chi connectivity index (χ2n) is 4.38. The lowest BCUT2D eigenvalue weighted by Gasteiger charge is -2.03. The molecule has 2 aromatic rings. The predicted molar refractivity (Wildman–Crippen MR) is 64.7 cm³/mol. The van der Waals surface area contributed by atoms with Crippen LogP contribution in [0.1, 0.15) is 18.4 Å². The summed E-state index contributed by atoms with van der Waals surface area (Å²) in [6.07, 6.45) is 4.73. The van der Waals surface area contributed by atoms with Gasteiger partial charge in [0.1, 0.15) is 5.75 Å². The van der Waals surface area contributed by atoms with Crippen LogP contribution < -0.4 is 10.1 Å². The highest BCUT2D eigenvalue weighted by Crippen LogP contribution is 2.25. The zero-order chi connectivity index (χ0) is 11.0. The average Bonchev–Trinajstić information content (AvgIpc) is 3.06. The van der Waals surface area contributed by atoms with Crippen LogP contribution in [0.2, 0.25) is 0 Å². The van der Waals surface area contributed by atoms with Gasteiger partial charge in [0.25, 0.3) is 0 Å². The summed E-state index contributed by atoms with van der Waals surface area (Å²) < 4.78 is 5.25. The second kappa shape index (κ2) is 3.83. The first kappa shape index (κ1) is 9.73. The Labute approximate surface area is 94.8 Å². The molecule has 2 N–H and O–H groups in total. The van der Waals surface area contributed by atoms with Gasteiger partial charge in [-0.05, 0) is 36.6 Å². The first-order valence-electron chi connectivity index (χ1n) is 5.74. The SMILES string of the molecule is COc1ccc2[nH]cc(CNC3CC3)c2c1. The highest BCUT2D eigenvalue weighted by Gasteiger charge is 2.20. The normalized spacial score (nSPS) is 15.6. The number of fused-ring (bicyclic) bond motifs is 1. The minimum atomic E-state index is 0.746. The molecule has 1 aromatic carbocycles. The third kappa shape index (κ3) is 1.78. The second-order valence-corrected chi connectivity index (χ2v) is 4.38. The van der Waals surface area contributed by atoms with E-state index in [1.165, 1.54) is 29.3 Å². The molecule has 0 spiro atoms. The quantitative estimate of drug-likeness (QED) is 0.823. The van der Waals surface area contributed by atoms with E-state index >= 15 is 0 Å². The first-order valence-corrected chi connectivity index (χ1v) is 5.74. The molecule has 1 saturated carbocycles. The van der Waals surface area contributed by atoms with Gasteiger partial charge in [-0.15, -0.1) is 0 Å². The summed E-state index contributed by atoms with van der Waals surface area (Å²) in [5, 5.41) is 4.78. The number of rotatable bonds is 4. The van der Waals surface area contributed by atoms with Gasteiger partial charge in [0.05, 0.1) is 7.11 Å². The molecule has 0 saturated heterocycles. The molecule has 0 amide bonds. The maximum absolute atomic E-state index is 5.25. The fraction of sp³-hybridized carbons (Fsp3) is 0.385. The van der Waals surface area contributed by atoms with Crippen molar-refractivity contribution in [2.45, 2.75) is 25.4 Å². The molecular formula is C13H16N2O. The molecule has 1 aliphatic rings. The van der Waals surface area contributed by atoms with Crippen LogP contribution in [0.25, 0.3) is 10.9 Å². The van der Waals surface area contributed by atoms with E-state index in [1.807, 2.05) is 6.07 Å². The number of ether oxygens (including phenoxy) is 1. The maximum atomic E-state index is 5.25. The van der Waals surface area contributed by atoms with Gasteiger partial charge in [-0.3, -0.25) is 0 Å². The number of hydrogen-bond donors (Lipinski definition) is 2. The van der Waals surface area contributed by atoms with Crippen LogP contribution in [0.15, 0.2) is 24.4 Å². The topological polar surface area (TPSA) is 37.0 Å². The van der Waals surface area contributed by atoms with Crippen molar-refractivity contribution in [2.24, 2.45) is 0 Å². The lowest BCUT2D eigenvalue weighted by atomic mass is 10.1. The molecule has 0 atom stereocenters. The largest absolute Gasteiger partial charge is 0.497 e. The minimum absolute atomic E-state index is 0.746. The molecule has 16 heavy (non-hydrogen) atoms. The van der Waals surface area contributed by atoms with Crippen LogP contribution in [-0.2, 0) is 6.54 Å². The van der Waals surface area contributed by atoms with Crippen molar-refractivity contribution in [1.29, 1.82) is 0 Å². The van der Waals surface area contributed by atoms with Gasteiger partial charge in [0.15, 0.2) is 0 Å². The number of nitrogens with one attached hydrogen (secondary N) is 2. The van der Waals surface area contributed by atoms with Gasteiger partial charge >= 0.3 is 0 Å². The maximum Gasteiger partial charge on any atom is 0.119 e. The summed E-state index contributed by atoms with van der Waals surface area (Å²) in [5.41, 5.74) is 2.49. The van der Waals surface area contributed by atoms with E-state index in [1.54, 1.807) is 7.11 Å². The molecule has 3 nitrogen and oxygen atoms in total. The highest BCUT2D eigenvalue weighted by atomic mass is 16.5. The summed E-state index contributed by atoms with van der Waals surface area (Å²) in [6.45, 7) is 0.942. The smallest absolute Gasteiger partial charge is 0.119 e. The van der Waals surface area contributed by atoms with Crippen molar-refractivity contribution < 1.29 is 4.74 Å². The monoisotopic (exact) mass is 216 g/mol. The van der Waals surface area contributed by atoms with Gasteiger partial charge in [-0.25, -0.2) is 0 Å². The molecule has 3 heteroatoms. The van der Waals surface area contributed by atoms with Crippen LogP contribution in [0.3, 0.4) is 0 Å². The molecule has 84 valence electrons. The van der Waals surface area contributed by atoms with Crippen LogP contribution >= 0.6 is 0 Å². The van der Waals surface area contributed by atoms with E-state index in [4.69, 9.17) is 4.74 Å². The lowest BCUT2D eigenvalue weighted by Crippen LogP contribution is -2.14. The molecule has 0 unspecified atom stereocenters. The van der Waals surface area contributed by atoms with Crippen molar-refractivity contribution in [3.8, 4) is 5.75 Å². The Balaban J connectivity index is 1.89. The van der Waals surface area contributed by atoms with Gasteiger partial charge in [0, 0.05) is 29.7 Å². The minimum Gasteiger partial charge on any atom is -0.497 e. The van der Waals surface area contributed by atoms with Crippen LogP contribution in [0.5, 0.6) is 5.75 Å². The summed E-state index contributed by atoms with van der Waals surface area (Å²) in [6, 6.07) is 6.89. The molecule has 1 aliphatic carbocycles. The summed E-state index contributed by atoms with van der Waals surface area (Å²) in [5.74, 6) is 0.916. The molecule has 1 fully saturated rings. The Kier molecular flexibility index (Phi) is 2.33. The summed E-state index contributed by atoms with van der Waals surface area (Å²) in [7, 11) is 1.70. The fourth-order valence-electron chi connectivity index (χ4n) is 1.97. The highest BCUT2D eigenvalue weighted by molar-refractivity contribution is 5.84. The number of methoxy groups -OCH3 is 1. The zero-order valence-corrected chi connectivity index (χ0v) is 9.42. The Morgan fingerprint density at radius 3 is 3.06 bits per heavy atom. The Hall–Kier alpha value is -1.48. The molecule has 3 rings (SSSR count). The number of aromatic nitrogens is 1. The van der Waals surface area contributed by atoms with Crippen molar-refractivity contribution >= 4 is 10.9 Å². The predicted octanol–water partition coefficient (Wildman–Crippen LogP) is 2.43. The average molecular weight is 216 g/mol. The third-order valence-corrected chi connectivity index (χ3v) is 3.13. The standard InChI is InChI=1S/C13H16N2O/c1-16-11-4-5-13-12(6-11)9(8-15-13)7-14-10-2-3-10/h4-6,8,10,14-15H,2-3,7H2,1H3. The van der Waals surface area contributed by atoms with E-state index in [0.717, 1.165) is 18.3 Å². The van der Waals surface area contributed by atoms with E-state index in [0.29, 0.717) is 0 Å². The van der Waals surface area contributed by atoms with Crippen molar-refractivity contribution in [3.63, 3.8) is 0 Å². The third-order valence-electron chi connectivity index (χ3n) is 3.13. The van der Waals surface area contributed by atoms with E-state index < -0.39 is 0 Å². The first-order chi connectivity index (χ1) is 7.86. The number of H-pyrrole nitrogens is 1. The Morgan fingerprint density at radius 2 is 2.31 bits per heavy atom. The van der Waals surface area contributed by atoms with E-state index in [-0.39, 0.29) is 0 Å². The molecular weight excluding hydrogens is 200 g/mol. The van der Waals surface area contributed by atoms with Gasteiger partial charge in [-0.2, -0.15) is 0 Å². The van der Waals surface area contributed by atoms with Crippen molar-refractivity contribution in [3.05, 3.63) is 30.0 Å². The summed E-state index contributed by atoms with van der Waals surface area (Å²) >= 11 is 0. The molecule has 0 bridgehead atoms. The fourth-order valence-corrected chi connectivity index (χ4v) is 1.97. The Morgan fingerprint density at radius 1 is 1.44 bits per heavy atom. The molecule has 0 radical (unpaired) electrons. The van der Waals surface area contributed by atoms with Gasteiger partial charge < -0.3 is 15.0 Å². The number of aromatic amines is 1. The van der Waals surface area contributed by atoms with Gasteiger partial charge in [-0.1, -0.05) is 0 Å². The van der Waals surface area contributed by atoms with E-state index in [2.05, 4.69) is 28.6 Å². The number of hydrogen-bond acceptors (Lipinski definition) is 2. The van der Waals surface area contributed by atoms with Crippen LogP contribution in [-0.4, -0.2) is 18.1 Å². The summed E-state index contributed by atoms with van der Waals surface area (Å²) in [4.78, 5) is 3.29. The molecule has 1 aromatic heterocycles. The lowest BCUT2D eigenvalue weighted by molar-refractivity contribution is 0.415. The number of benzene rings is 1.